The van der Waals surface area contributed by atoms with Gasteiger partial charge in [-0.15, -0.1) is 0 Å². The van der Waals surface area contributed by atoms with E-state index >= 15 is 0 Å². The fraction of sp³-hybridized carbons (Fsp3) is 0.286. The van der Waals surface area contributed by atoms with Gasteiger partial charge in [0.2, 0.25) is 0 Å². The van der Waals surface area contributed by atoms with Crippen molar-refractivity contribution in [3.63, 3.8) is 0 Å². The van der Waals surface area contributed by atoms with Crippen molar-refractivity contribution in [3.8, 4) is 11.3 Å². The van der Waals surface area contributed by atoms with E-state index in [2.05, 4.69) is 10.2 Å². The van der Waals surface area contributed by atoms with Gasteiger partial charge in [-0.1, -0.05) is 12.1 Å². The van der Waals surface area contributed by atoms with Gasteiger partial charge < -0.3 is 0 Å². The average Bonchev–Trinajstić information content (AvgIpc) is 2.46. The number of nitrogens with one attached hydrogen (secondary N) is 2. The summed E-state index contributed by atoms with van der Waals surface area (Å²) in [7, 11) is -4.33. The van der Waals surface area contributed by atoms with Gasteiger partial charge in [-0.05, 0) is 43.4 Å². The van der Waals surface area contributed by atoms with E-state index in [1.54, 1.807) is 18.2 Å². The predicted octanol–water partition coefficient (Wildman–Crippen LogP) is 1.53. The second-order valence-electron chi connectivity index (χ2n) is 5.22. The molecular formula is C14H15N3O4S. The van der Waals surface area contributed by atoms with E-state index in [-0.39, 0.29) is 11.2 Å². The number of aromatic amines is 1. The van der Waals surface area contributed by atoms with Crippen LogP contribution in [-0.2, 0) is 23.1 Å². The third-order valence-electron chi connectivity index (χ3n) is 3.68. The Hall–Kier alpha value is -2.19. The number of anilines is 1. The molecule has 7 nitrogen and oxygen atoms in total. The van der Waals surface area contributed by atoms with Gasteiger partial charge in [0.05, 0.1) is 11.4 Å². The van der Waals surface area contributed by atoms with Crippen LogP contribution in [0.25, 0.3) is 11.3 Å². The Morgan fingerprint density at radius 3 is 2.64 bits per heavy atom. The molecule has 0 bridgehead atoms. The number of hydrogen-bond donors (Lipinski definition) is 3. The van der Waals surface area contributed by atoms with E-state index < -0.39 is 10.3 Å². The average molecular weight is 321 g/mol. The van der Waals surface area contributed by atoms with Crippen molar-refractivity contribution >= 4 is 16.0 Å². The Kier molecular flexibility index (Phi) is 3.71. The maximum Gasteiger partial charge on any atom is 0.357 e. The SMILES string of the molecule is O=c1[nH]nc(-c2cccc(NS(=O)(=O)O)c2)c2c1CCCC2. The van der Waals surface area contributed by atoms with E-state index in [0.29, 0.717) is 11.3 Å². The van der Waals surface area contributed by atoms with Gasteiger partial charge in [-0.2, -0.15) is 13.5 Å². The number of hydrogen-bond acceptors (Lipinski definition) is 4. The topological polar surface area (TPSA) is 112 Å². The van der Waals surface area contributed by atoms with Crippen molar-refractivity contribution in [1.29, 1.82) is 0 Å². The van der Waals surface area contributed by atoms with E-state index in [1.165, 1.54) is 6.07 Å². The Morgan fingerprint density at radius 1 is 1.18 bits per heavy atom. The molecule has 0 amide bonds. The molecular weight excluding hydrogens is 306 g/mol. The van der Waals surface area contributed by atoms with Crippen LogP contribution in [-0.4, -0.2) is 23.2 Å². The summed E-state index contributed by atoms with van der Waals surface area (Å²) in [5.41, 5.74) is 3.07. The molecule has 0 saturated carbocycles. The molecule has 8 heteroatoms. The minimum atomic E-state index is -4.33. The van der Waals surface area contributed by atoms with Gasteiger partial charge in [0.15, 0.2) is 0 Å². The van der Waals surface area contributed by atoms with Crippen LogP contribution in [0.5, 0.6) is 0 Å². The number of nitrogens with zero attached hydrogens (tertiary/aromatic N) is 1. The highest BCUT2D eigenvalue weighted by Crippen LogP contribution is 2.29. The second kappa shape index (κ2) is 5.54. The zero-order chi connectivity index (χ0) is 15.7. The third kappa shape index (κ3) is 3.02. The molecule has 116 valence electrons. The summed E-state index contributed by atoms with van der Waals surface area (Å²) < 4.78 is 32.7. The van der Waals surface area contributed by atoms with Gasteiger partial charge >= 0.3 is 10.3 Å². The molecule has 1 aromatic heterocycles. The van der Waals surface area contributed by atoms with Crippen molar-refractivity contribution in [2.45, 2.75) is 25.7 Å². The molecule has 0 unspecified atom stereocenters. The van der Waals surface area contributed by atoms with Gasteiger partial charge in [-0.3, -0.25) is 14.1 Å². The second-order valence-corrected chi connectivity index (χ2v) is 6.38. The van der Waals surface area contributed by atoms with Crippen molar-refractivity contribution in [2.75, 3.05) is 4.72 Å². The van der Waals surface area contributed by atoms with Crippen LogP contribution in [0.2, 0.25) is 0 Å². The first-order valence-corrected chi connectivity index (χ1v) is 8.34. The van der Waals surface area contributed by atoms with Crippen LogP contribution in [0, 0.1) is 0 Å². The zero-order valence-electron chi connectivity index (χ0n) is 11.7. The van der Waals surface area contributed by atoms with Crippen LogP contribution < -0.4 is 10.3 Å². The van der Waals surface area contributed by atoms with Crippen LogP contribution in [0.15, 0.2) is 29.1 Å². The highest BCUT2D eigenvalue weighted by atomic mass is 32.2. The lowest BCUT2D eigenvalue weighted by Gasteiger charge is -2.17. The minimum absolute atomic E-state index is 0.161. The monoisotopic (exact) mass is 321 g/mol. The van der Waals surface area contributed by atoms with E-state index in [4.69, 9.17) is 4.55 Å². The minimum Gasteiger partial charge on any atom is -0.269 e. The molecule has 1 heterocycles. The maximum atomic E-state index is 11.9. The van der Waals surface area contributed by atoms with Crippen LogP contribution >= 0.6 is 0 Å². The summed E-state index contributed by atoms with van der Waals surface area (Å²) in [5, 5.41) is 6.62. The Balaban J connectivity index is 2.09. The first kappa shape index (κ1) is 14.7. The Morgan fingerprint density at radius 2 is 1.91 bits per heavy atom. The van der Waals surface area contributed by atoms with Gasteiger partial charge in [-0.25, -0.2) is 5.10 Å². The molecule has 0 fully saturated rings. The van der Waals surface area contributed by atoms with Gasteiger partial charge in [0, 0.05) is 11.1 Å². The van der Waals surface area contributed by atoms with Crippen LogP contribution in [0.4, 0.5) is 5.69 Å². The first-order valence-electron chi connectivity index (χ1n) is 6.90. The van der Waals surface area contributed by atoms with E-state index in [0.717, 1.165) is 36.8 Å². The highest BCUT2D eigenvalue weighted by molar-refractivity contribution is 7.87. The first-order chi connectivity index (χ1) is 10.4. The number of benzene rings is 1. The summed E-state index contributed by atoms with van der Waals surface area (Å²) in [6, 6.07) is 6.54. The predicted molar refractivity (Wildman–Crippen MR) is 82.1 cm³/mol. The molecule has 0 aliphatic heterocycles. The summed E-state index contributed by atoms with van der Waals surface area (Å²) in [4.78, 5) is 11.9. The summed E-state index contributed by atoms with van der Waals surface area (Å²) >= 11 is 0. The number of fused-ring (bicyclic) bond motifs is 1. The normalized spacial score (nSPS) is 14.4. The van der Waals surface area contributed by atoms with Gasteiger partial charge in [0.25, 0.3) is 5.56 Å². The van der Waals surface area contributed by atoms with E-state index in [1.807, 2.05) is 4.72 Å². The molecule has 1 aliphatic carbocycles. The van der Waals surface area contributed by atoms with Crippen molar-refractivity contribution < 1.29 is 13.0 Å². The van der Waals surface area contributed by atoms with Crippen molar-refractivity contribution in [1.82, 2.24) is 10.2 Å². The maximum absolute atomic E-state index is 11.9. The molecule has 3 rings (SSSR count). The molecule has 1 aromatic carbocycles. The standard InChI is InChI=1S/C14H15N3O4S/c18-14-12-7-2-1-6-11(12)13(15-16-14)9-4-3-5-10(8-9)17-22(19,20)21/h3-5,8,17H,1-2,6-7H2,(H,16,18)(H,19,20,21). The third-order valence-corrected chi connectivity index (χ3v) is 4.17. The van der Waals surface area contributed by atoms with Crippen LogP contribution in [0.1, 0.15) is 24.0 Å². The van der Waals surface area contributed by atoms with Crippen molar-refractivity contribution in [2.24, 2.45) is 0 Å². The molecule has 22 heavy (non-hydrogen) atoms. The van der Waals surface area contributed by atoms with Crippen molar-refractivity contribution in [3.05, 3.63) is 45.7 Å². The highest BCUT2D eigenvalue weighted by Gasteiger charge is 2.19. The summed E-state index contributed by atoms with van der Waals surface area (Å²) in [5.74, 6) is 0. The number of H-pyrrole nitrogens is 1. The molecule has 0 spiro atoms. The number of aromatic nitrogens is 2. The van der Waals surface area contributed by atoms with E-state index in [9.17, 15) is 13.2 Å². The fourth-order valence-corrected chi connectivity index (χ4v) is 3.20. The Bertz CT molecular complexity index is 874. The molecule has 3 N–H and O–H groups in total. The lowest BCUT2D eigenvalue weighted by Crippen LogP contribution is -2.21. The zero-order valence-corrected chi connectivity index (χ0v) is 12.5. The molecule has 0 atom stereocenters. The quantitative estimate of drug-likeness (QED) is 0.742. The molecule has 0 saturated heterocycles. The Labute approximate surface area is 127 Å². The molecule has 2 aromatic rings. The molecule has 1 aliphatic rings. The van der Waals surface area contributed by atoms with Gasteiger partial charge in [0.1, 0.15) is 0 Å². The smallest absolute Gasteiger partial charge is 0.269 e. The lowest BCUT2D eigenvalue weighted by atomic mass is 9.90. The molecule has 0 radical (unpaired) electrons. The number of rotatable bonds is 3. The van der Waals surface area contributed by atoms with Crippen LogP contribution in [0.3, 0.4) is 0 Å². The summed E-state index contributed by atoms with van der Waals surface area (Å²) in [6.45, 7) is 0. The lowest BCUT2D eigenvalue weighted by molar-refractivity contribution is 0.490. The summed E-state index contributed by atoms with van der Waals surface area (Å²) in [6.07, 6.45) is 3.47. The largest absolute Gasteiger partial charge is 0.357 e. The fourth-order valence-electron chi connectivity index (χ4n) is 2.78.